The number of carbonyl (C=O) groups is 3. The highest BCUT2D eigenvalue weighted by atomic mass is 16.7. The summed E-state index contributed by atoms with van der Waals surface area (Å²) in [5.74, 6) is -1.86. The Hall–Kier alpha value is -3.87. The van der Waals surface area contributed by atoms with E-state index in [-0.39, 0.29) is 23.5 Å². The SMILES string of the molecule is O=C(ON1C(=O)c2ccccc2C1=O)c1occc1COc1ccccc1. The largest absolute Gasteiger partial charge is 0.489 e. The van der Waals surface area contributed by atoms with E-state index in [1.807, 2.05) is 18.2 Å². The van der Waals surface area contributed by atoms with Gasteiger partial charge in [-0.15, -0.1) is 0 Å². The first kappa shape index (κ1) is 16.6. The highest BCUT2D eigenvalue weighted by Gasteiger charge is 2.39. The third-order valence-corrected chi connectivity index (χ3v) is 4.00. The quantitative estimate of drug-likeness (QED) is 0.647. The topological polar surface area (TPSA) is 86.0 Å². The van der Waals surface area contributed by atoms with Crippen LogP contribution in [0.2, 0.25) is 0 Å². The number of hydroxylamine groups is 2. The number of fused-ring (bicyclic) bond motifs is 1. The zero-order valence-electron chi connectivity index (χ0n) is 14.0. The molecule has 0 unspecified atom stereocenters. The molecule has 134 valence electrons. The van der Waals surface area contributed by atoms with Crippen molar-refractivity contribution < 1.29 is 28.4 Å². The molecule has 7 nitrogen and oxygen atoms in total. The van der Waals surface area contributed by atoms with Gasteiger partial charge in [0.05, 0.1) is 17.4 Å². The van der Waals surface area contributed by atoms with Gasteiger partial charge in [0.25, 0.3) is 11.8 Å². The second-order valence-corrected chi connectivity index (χ2v) is 5.71. The van der Waals surface area contributed by atoms with Crippen LogP contribution in [-0.4, -0.2) is 22.8 Å². The van der Waals surface area contributed by atoms with Gasteiger partial charge in [-0.2, -0.15) is 0 Å². The number of hydrogen-bond acceptors (Lipinski definition) is 6. The van der Waals surface area contributed by atoms with Crippen LogP contribution < -0.4 is 4.74 Å². The molecule has 0 N–H and O–H groups in total. The van der Waals surface area contributed by atoms with Gasteiger partial charge in [-0.3, -0.25) is 9.59 Å². The summed E-state index contributed by atoms with van der Waals surface area (Å²) >= 11 is 0. The lowest BCUT2D eigenvalue weighted by molar-refractivity contribution is -0.0604. The van der Waals surface area contributed by atoms with Crippen molar-refractivity contribution in [1.82, 2.24) is 5.06 Å². The van der Waals surface area contributed by atoms with Crippen molar-refractivity contribution >= 4 is 17.8 Å². The van der Waals surface area contributed by atoms with Gasteiger partial charge in [0.2, 0.25) is 5.76 Å². The van der Waals surface area contributed by atoms with Gasteiger partial charge in [0.1, 0.15) is 12.4 Å². The molecule has 0 radical (unpaired) electrons. The number of furan rings is 1. The maximum Gasteiger partial charge on any atom is 0.399 e. The van der Waals surface area contributed by atoms with E-state index in [0.29, 0.717) is 16.4 Å². The predicted octanol–water partition coefficient (Wildman–Crippen LogP) is 3.23. The first-order valence-electron chi connectivity index (χ1n) is 8.09. The average molecular weight is 363 g/mol. The van der Waals surface area contributed by atoms with E-state index in [2.05, 4.69) is 0 Å². The maximum atomic E-state index is 12.4. The van der Waals surface area contributed by atoms with E-state index in [9.17, 15) is 14.4 Å². The summed E-state index contributed by atoms with van der Waals surface area (Å²) < 4.78 is 10.8. The molecule has 0 spiro atoms. The molecule has 0 aliphatic carbocycles. The Morgan fingerprint density at radius 3 is 2.19 bits per heavy atom. The van der Waals surface area contributed by atoms with Gasteiger partial charge in [0, 0.05) is 5.56 Å². The van der Waals surface area contributed by atoms with E-state index in [0.717, 1.165) is 0 Å². The Morgan fingerprint density at radius 2 is 1.52 bits per heavy atom. The summed E-state index contributed by atoms with van der Waals surface area (Å²) in [4.78, 5) is 42.0. The van der Waals surface area contributed by atoms with Gasteiger partial charge in [-0.05, 0) is 30.3 Å². The van der Waals surface area contributed by atoms with Gasteiger partial charge in [0.15, 0.2) is 0 Å². The third kappa shape index (κ3) is 3.06. The minimum absolute atomic E-state index is 0.0626. The summed E-state index contributed by atoms with van der Waals surface area (Å²) in [6, 6.07) is 16.8. The summed E-state index contributed by atoms with van der Waals surface area (Å²) in [5.41, 5.74) is 0.797. The van der Waals surface area contributed by atoms with Crippen molar-refractivity contribution in [3.8, 4) is 5.75 Å². The second kappa shape index (κ2) is 6.80. The van der Waals surface area contributed by atoms with E-state index < -0.39 is 17.8 Å². The van der Waals surface area contributed by atoms with E-state index in [1.54, 1.807) is 30.3 Å². The van der Waals surface area contributed by atoms with Crippen molar-refractivity contribution in [3.05, 3.63) is 89.4 Å². The second-order valence-electron chi connectivity index (χ2n) is 5.71. The average Bonchev–Trinajstić information content (AvgIpc) is 3.27. The number of rotatable bonds is 5. The van der Waals surface area contributed by atoms with Crippen LogP contribution in [0.5, 0.6) is 5.75 Å². The number of amides is 2. The fourth-order valence-corrected chi connectivity index (χ4v) is 2.68. The molecule has 1 aromatic heterocycles. The van der Waals surface area contributed by atoms with Crippen molar-refractivity contribution in [3.63, 3.8) is 0 Å². The van der Waals surface area contributed by atoms with E-state index in [1.165, 1.54) is 18.4 Å². The molecule has 1 aliphatic rings. The molecule has 0 saturated heterocycles. The molecule has 2 aromatic carbocycles. The molecule has 1 aliphatic heterocycles. The van der Waals surface area contributed by atoms with Crippen LogP contribution in [0, 0.1) is 0 Å². The standard InChI is InChI=1S/C20H13NO6/c22-18-15-8-4-5-9-16(15)19(23)21(18)27-20(24)17-13(10-11-25-17)12-26-14-6-2-1-3-7-14/h1-11H,12H2. The van der Waals surface area contributed by atoms with Gasteiger partial charge in [-0.25, -0.2) is 4.79 Å². The zero-order valence-corrected chi connectivity index (χ0v) is 14.0. The molecule has 0 saturated carbocycles. The monoisotopic (exact) mass is 363 g/mol. The number of imide groups is 1. The fraction of sp³-hybridized carbons (Fsp3) is 0.0500. The number of carbonyl (C=O) groups excluding carboxylic acids is 3. The number of ether oxygens (including phenoxy) is 1. The highest BCUT2D eigenvalue weighted by Crippen LogP contribution is 2.24. The minimum Gasteiger partial charge on any atom is -0.489 e. The van der Waals surface area contributed by atoms with Crippen LogP contribution in [0.25, 0.3) is 0 Å². The summed E-state index contributed by atoms with van der Waals surface area (Å²) in [6.07, 6.45) is 1.31. The minimum atomic E-state index is -0.957. The molecular weight excluding hydrogens is 350 g/mol. The molecule has 0 atom stereocenters. The number of benzene rings is 2. The Labute approximate surface area is 153 Å². The molecule has 4 rings (SSSR count). The molecule has 0 fully saturated rings. The molecule has 0 bridgehead atoms. The molecule has 2 heterocycles. The van der Waals surface area contributed by atoms with Gasteiger partial charge in [-0.1, -0.05) is 35.4 Å². The Bertz CT molecular complexity index is 989. The lowest BCUT2D eigenvalue weighted by atomic mass is 10.1. The first-order valence-corrected chi connectivity index (χ1v) is 8.09. The van der Waals surface area contributed by atoms with Gasteiger partial charge < -0.3 is 14.0 Å². The van der Waals surface area contributed by atoms with Gasteiger partial charge >= 0.3 is 5.97 Å². The lowest BCUT2D eigenvalue weighted by Crippen LogP contribution is -2.32. The number of nitrogens with zero attached hydrogens (tertiary/aromatic N) is 1. The van der Waals surface area contributed by atoms with Crippen molar-refractivity contribution in [2.75, 3.05) is 0 Å². The lowest BCUT2D eigenvalue weighted by Gasteiger charge is -2.12. The Morgan fingerprint density at radius 1 is 0.889 bits per heavy atom. The maximum absolute atomic E-state index is 12.4. The first-order chi connectivity index (χ1) is 13.1. The third-order valence-electron chi connectivity index (χ3n) is 4.00. The smallest absolute Gasteiger partial charge is 0.399 e. The predicted molar refractivity (Wildman–Crippen MR) is 91.8 cm³/mol. The van der Waals surface area contributed by atoms with Crippen molar-refractivity contribution in [2.45, 2.75) is 6.61 Å². The fourth-order valence-electron chi connectivity index (χ4n) is 2.68. The number of hydrogen-bond donors (Lipinski definition) is 0. The molecule has 7 heteroatoms. The van der Waals surface area contributed by atoms with Crippen LogP contribution in [-0.2, 0) is 11.4 Å². The zero-order chi connectivity index (χ0) is 18.8. The molecule has 3 aromatic rings. The van der Waals surface area contributed by atoms with Crippen LogP contribution >= 0.6 is 0 Å². The summed E-state index contributed by atoms with van der Waals surface area (Å²) in [7, 11) is 0. The van der Waals surface area contributed by atoms with E-state index in [4.69, 9.17) is 14.0 Å². The molecule has 27 heavy (non-hydrogen) atoms. The Kier molecular flexibility index (Phi) is 4.18. The summed E-state index contributed by atoms with van der Waals surface area (Å²) in [6.45, 7) is 0.0626. The normalized spacial score (nSPS) is 12.8. The van der Waals surface area contributed by atoms with Crippen LogP contribution in [0.1, 0.15) is 36.8 Å². The van der Waals surface area contributed by atoms with Crippen molar-refractivity contribution in [2.24, 2.45) is 0 Å². The molecule has 2 amide bonds. The molecular formula is C20H13NO6. The van der Waals surface area contributed by atoms with Crippen molar-refractivity contribution in [1.29, 1.82) is 0 Å². The van der Waals surface area contributed by atoms with Crippen LogP contribution in [0.15, 0.2) is 71.3 Å². The number of para-hydroxylation sites is 1. The highest BCUT2D eigenvalue weighted by molar-refractivity contribution is 6.21. The van der Waals surface area contributed by atoms with Crippen LogP contribution in [0.3, 0.4) is 0 Å². The summed E-state index contributed by atoms with van der Waals surface area (Å²) in [5, 5.41) is 0.442. The van der Waals surface area contributed by atoms with E-state index >= 15 is 0 Å². The van der Waals surface area contributed by atoms with Crippen LogP contribution in [0.4, 0.5) is 0 Å². The Balaban J connectivity index is 1.48.